The molecule has 1 N–H and O–H groups in total. The van der Waals surface area contributed by atoms with E-state index in [2.05, 4.69) is 12.2 Å². The Labute approximate surface area is 108 Å². The second-order valence-electron chi connectivity index (χ2n) is 1.22. The van der Waals surface area contributed by atoms with E-state index < -0.39 is 0 Å². The molecular formula is C7H18KNO. The van der Waals surface area contributed by atoms with Gasteiger partial charge in [0.05, 0.1) is 6.61 Å². The molecule has 0 atom stereocenters. The van der Waals surface area contributed by atoms with Crippen molar-refractivity contribution in [3.05, 3.63) is 6.92 Å². The van der Waals surface area contributed by atoms with Crippen molar-refractivity contribution in [3.8, 4) is 0 Å². The molecule has 0 spiro atoms. The first-order valence-electron chi connectivity index (χ1n) is 3.43. The van der Waals surface area contributed by atoms with E-state index in [0.29, 0.717) is 6.61 Å². The third kappa shape index (κ3) is 22.7. The molecule has 0 radical (unpaired) electrons. The maximum Gasteiger partial charge on any atom is 1.00 e. The second kappa shape index (κ2) is 22.4. The van der Waals surface area contributed by atoms with Gasteiger partial charge in [-0.1, -0.05) is 20.5 Å². The molecule has 0 fully saturated rings. The summed E-state index contributed by atoms with van der Waals surface area (Å²) in [5.74, 6) is 0. The van der Waals surface area contributed by atoms with Gasteiger partial charge in [0.25, 0.3) is 0 Å². The molecule has 0 aliphatic rings. The molecule has 0 saturated carbocycles. The van der Waals surface area contributed by atoms with Crippen molar-refractivity contribution >= 4 is 0 Å². The molecule has 2 nitrogen and oxygen atoms in total. The van der Waals surface area contributed by atoms with Crippen LogP contribution in [0.15, 0.2) is 0 Å². The first kappa shape index (κ1) is 17.6. The largest absolute Gasteiger partial charge is 1.00 e. The number of rotatable bonds is 4. The summed E-state index contributed by atoms with van der Waals surface area (Å²) < 4.78 is 4.90. The Balaban J connectivity index is -0.000000149. The zero-order chi connectivity index (χ0) is 7.54. The molecule has 0 aliphatic carbocycles. The van der Waals surface area contributed by atoms with Gasteiger partial charge in [-0.25, -0.2) is 0 Å². The quantitative estimate of drug-likeness (QED) is 0.303. The summed E-state index contributed by atoms with van der Waals surface area (Å²) in [5.41, 5.74) is 0. The first-order chi connectivity index (χ1) is 4.41. The molecule has 0 aromatic rings. The number of nitrogens with one attached hydrogen (secondary N) is 1. The Kier molecular flexibility index (Phi) is 39.4. The summed E-state index contributed by atoms with van der Waals surface area (Å²) in [6, 6.07) is 0. The first-order valence-corrected chi connectivity index (χ1v) is 3.43. The molecular weight excluding hydrogens is 153 g/mol. The van der Waals surface area contributed by atoms with E-state index in [1.54, 1.807) is 0 Å². The number of ether oxygens (including phenoxy) is 1. The smallest absolute Gasteiger partial charge is 0.412 e. The standard InChI is InChI=1S/C5H12NO.C2H6.K/c1-3-7-5-4-6-2;1-2;/h6H,1,3-5H2,2H3;1-2H3;/q-1;;+1. The van der Waals surface area contributed by atoms with E-state index >= 15 is 0 Å². The van der Waals surface area contributed by atoms with E-state index in [4.69, 9.17) is 4.74 Å². The molecule has 0 saturated heterocycles. The summed E-state index contributed by atoms with van der Waals surface area (Å²) in [5, 5.41) is 2.95. The van der Waals surface area contributed by atoms with Crippen molar-refractivity contribution < 1.29 is 56.1 Å². The normalized spacial score (nSPS) is 7.20. The Morgan fingerprint density at radius 3 is 2.20 bits per heavy atom. The molecule has 0 aromatic heterocycles. The Bertz CT molecular complexity index is 32.8. The van der Waals surface area contributed by atoms with Crippen LogP contribution in [-0.4, -0.2) is 26.8 Å². The summed E-state index contributed by atoms with van der Waals surface area (Å²) in [6.07, 6.45) is 0. The van der Waals surface area contributed by atoms with Gasteiger partial charge in [0.15, 0.2) is 0 Å². The SMILES string of the molecule is CC.[CH2-]COCCNC.[K+]. The van der Waals surface area contributed by atoms with Gasteiger partial charge in [-0.05, 0) is 7.05 Å². The van der Waals surface area contributed by atoms with Gasteiger partial charge in [-0.15, -0.1) is 0 Å². The van der Waals surface area contributed by atoms with Gasteiger partial charge >= 0.3 is 51.4 Å². The molecule has 3 heteroatoms. The molecule has 0 amide bonds. The van der Waals surface area contributed by atoms with Gasteiger partial charge in [0, 0.05) is 6.54 Å². The van der Waals surface area contributed by atoms with Crippen LogP contribution in [-0.2, 0) is 4.74 Å². The molecule has 0 aliphatic heterocycles. The molecule has 58 valence electrons. The van der Waals surface area contributed by atoms with Crippen LogP contribution in [0.3, 0.4) is 0 Å². The van der Waals surface area contributed by atoms with Crippen LogP contribution in [0.2, 0.25) is 0 Å². The fourth-order valence-electron chi connectivity index (χ4n) is 0.276. The molecule has 0 aromatic carbocycles. The Hall–Kier alpha value is 1.56. The van der Waals surface area contributed by atoms with E-state index in [1.807, 2.05) is 20.9 Å². The number of hydrogen-bond acceptors (Lipinski definition) is 2. The van der Waals surface area contributed by atoms with Gasteiger partial charge < -0.3 is 17.0 Å². The van der Waals surface area contributed by atoms with Crippen molar-refractivity contribution in [2.75, 3.05) is 26.8 Å². The minimum Gasteiger partial charge on any atom is -0.412 e. The minimum absolute atomic E-state index is 0. The van der Waals surface area contributed by atoms with Crippen molar-refractivity contribution in [1.82, 2.24) is 5.32 Å². The predicted octanol–water partition coefficient (Wildman–Crippen LogP) is -1.91. The van der Waals surface area contributed by atoms with E-state index in [-0.39, 0.29) is 51.4 Å². The third-order valence-electron chi connectivity index (χ3n) is 0.641. The minimum atomic E-state index is 0. The summed E-state index contributed by atoms with van der Waals surface area (Å²) in [6.45, 7) is 9.75. The van der Waals surface area contributed by atoms with Crippen molar-refractivity contribution in [2.24, 2.45) is 0 Å². The second-order valence-corrected chi connectivity index (χ2v) is 1.22. The van der Waals surface area contributed by atoms with Crippen LogP contribution in [0.5, 0.6) is 0 Å². The fraction of sp³-hybridized carbons (Fsp3) is 0.857. The molecule has 0 rings (SSSR count). The van der Waals surface area contributed by atoms with E-state index in [1.165, 1.54) is 0 Å². The summed E-state index contributed by atoms with van der Waals surface area (Å²) in [4.78, 5) is 0. The Morgan fingerprint density at radius 2 is 1.90 bits per heavy atom. The van der Waals surface area contributed by atoms with Crippen LogP contribution in [0.4, 0.5) is 0 Å². The van der Waals surface area contributed by atoms with E-state index in [9.17, 15) is 0 Å². The van der Waals surface area contributed by atoms with Crippen molar-refractivity contribution in [3.63, 3.8) is 0 Å². The summed E-state index contributed by atoms with van der Waals surface area (Å²) >= 11 is 0. The van der Waals surface area contributed by atoms with Gasteiger partial charge in [0.2, 0.25) is 0 Å². The van der Waals surface area contributed by atoms with E-state index in [0.717, 1.165) is 13.2 Å². The average Bonchev–Trinajstić information content (AvgIpc) is 1.94. The zero-order valence-corrected chi connectivity index (χ0v) is 10.9. The van der Waals surface area contributed by atoms with Crippen LogP contribution in [0.25, 0.3) is 0 Å². The Morgan fingerprint density at radius 1 is 1.40 bits per heavy atom. The molecule has 0 bridgehead atoms. The maximum atomic E-state index is 4.90. The van der Waals surface area contributed by atoms with Gasteiger partial charge in [0.1, 0.15) is 0 Å². The third-order valence-corrected chi connectivity index (χ3v) is 0.641. The topological polar surface area (TPSA) is 21.3 Å². The maximum absolute atomic E-state index is 4.90. The van der Waals surface area contributed by atoms with Crippen molar-refractivity contribution in [1.29, 1.82) is 0 Å². The number of hydrogen-bond donors (Lipinski definition) is 1. The molecule has 10 heavy (non-hydrogen) atoms. The van der Waals surface area contributed by atoms with Gasteiger partial charge in [-0.2, -0.15) is 0 Å². The zero-order valence-electron chi connectivity index (χ0n) is 7.74. The van der Waals surface area contributed by atoms with Crippen LogP contribution in [0, 0.1) is 6.92 Å². The van der Waals surface area contributed by atoms with Crippen LogP contribution in [0.1, 0.15) is 13.8 Å². The average molecular weight is 171 g/mol. The number of likely N-dealkylation sites (N-methyl/N-ethyl adjacent to an activating group) is 1. The van der Waals surface area contributed by atoms with Crippen molar-refractivity contribution in [2.45, 2.75) is 13.8 Å². The monoisotopic (exact) mass is 171 g/mol. The fourth-order valence-corrected chi connectivity index (χ4v) is 0.276. The van der Waals surface area contributed by atoms with Gasteiger partial charge in [-0.3, -0.25) is 0 Å². The van der Waals surface area contributed by atoms with Crippen LogP contribution < -0.4 is 56.7 Å². The molecule has 0 heterocycles. The van der Waals surface area contributed by atoms with Crippen LogP contribution >= 0.6 is 0 Å². The summed E-state index contributed by atoms with van der Waals surface area (Å²) in [7, 11) is 1.90. The predicted molar refractivity (Wildman–Crippen MR) is 41.5 cm³/mol. The molecule has 0 unspecified atom stereocenters.